The monoisotopic (exact) mass is 218 g/mol. The fraction of sp³-hybridized carbons (Fsp3) is 0.571. The molecule has 0 bridgehead atoms. The molecule has 1 aliphatic rings. The summed E-state index contributed by atoms with van der Waals surface area (Å²) in [6, 6.07) is 8.89. The second kappa shape index (κ2) is 5.35. The fourth-order valence-corrected chi connectivity index (χ4v) is 2.63. The molecule has 1 aliphatic heterocycles. The largest absolute Gasteiger partial charge is 0.371 e. The molecule has 2 heteroatoms. The van der Waals surface area contributed by atoms with E-state index < -0.39 is 0 Å². The standard InChI is InChI=1S/C14H22N2/c1-3-10-16-11-12(8-9-15-2)13-6-4-5-7-14(13)16/h4-7,12,15H,3,8-11H2,1-2H3. The Balaban J connectivity index is 2.14. The van der Waals surface area contributed by atoms with Gasteiger partial charge in [0.2, 0.25) is 0 Å². The van der Waals surface area contributed by atoms with Crippen LogP contribution in [0.25, 0.3) is 0 Å². The first-order chi connectivity index (χ1) is 7.86. The number of benzene rings is 1. The maximum absolute atomic E-state index is 3.25. The minimum Gasteiger partial charge on any atom is -0.371 e. The first-order valence-corrected chi connectivity index (χ1v) is 6.35. The Kier molecular flexibility index (Phi) is 3.83. The van der Waals surface area contributed by atoms with Crippen molar-refractivity contribution in [2.75, 3.05) is 31.6 Å². The van der Waals surface area contributed by atoms with E-state index in [0.717, 1.165) is 12.5 Å². The zero-order valence-electron chi connectivity index (χ0n) is 10.4. The zero-order chi connectivity index (χ0) is 11.4. The Morgan fingerprint density at radius 1 is 1.38 bits per heavy atom. The van der Waals surface area contributed by atoms with E-state index in [0.29, 0.717) is 0 Å². The second-order valence-electron chi connectivity index (χ2n) is 4.59. The zero-order valence-corrected chi connectivity index (χ0v) is 10.4. The third-order valence-electron chi connectivity index (χ3n) is 3.39. The van der Waals surface area contributed by atoms with Crippen LogP contribution in [0.3, 0.4) is 0 Å². The fourth-order valence-electron chi connectivity index (χ4n) is 2.63. The van der Waals surface area contributed by atoms with Gasteiger partial charge in [-0.15, -0.1) is 0 Å². The number of nitrogens with one attached hydrogen (secondary N) is 1. The molecule has 0 aromatic heterocycles. The topological polar surface area (TPSA) is 15.3 Å². The van der Waals surface area contributed by atoms with Crippen molar-refractivity contribution in [1.29, 1.82) is 0 Å². The van der Waals surface area contributed by atoms with E-state index >= 15 is 0 Å². The molecule has 2 rings (SSSR count). The molecule has 0 saturated heterocycles. The molecule has 1 heterocycles. The highest BCUT2D eigenvalue weighted by atomic mass is 15.2. The smallest absolute Gasteiger partial charge is 0.0402 e. The first-order valence-electron chi connectivity index (χ1n) is 6.35. The summed E-state index contributed by atoms with van der Waals surface area (Å²) in [7, 11) is 2.03. The normalized spacial score (nSPS) is 18.9. The lowest BCUT2D eigenvalue weighted by Crippen LogP contribution is -2.23. The summed E-state index contributed by atoms with van der Waals surface area (Å²) in [5.74, 6) is 0.718. The van der Waals surface area contributed by atoms with Crippen molar-refractivity contribution >= 4 is 5.69 Å². The van der Waals surface area contributed by atoms with Crippen molar-refractivity contribution in [2.45, 2.75) is 25.7 Å². The van der Waals surface area contributed by atoms with E-state index in [1.165, 1.54) is 31.6 Å². The summed E-state index contributed by atoms with van der Waals surface area (Å²) in [5.41, 5.74) is 3.01. The van der Waals surface area contributed by atoms with Crippen molar-refractivity contribution in [1.82, 2.24) is 5.32 Å². The van der Waals surface area contributed by atoms with Gasteiger partial charge >= 0.3 is 0 Å². The van der Waals surface area contributed by atoms with E-state index in [9.17, 15) is 0 Å². The maximum Gasteiger partial charge on any atom is 0.0402 e. The van der Waals surface area contributed by atoms with Gasteiger partial charge in [-0.25, -0.2) is 0 Å². The van der Waals surface area contributed by atoms with Crippen LogP contribution in [0.5, 0.6) is 0 Å². The first kappa shape index (κ1) is 11.5. The molecule has 0 radical (unpaired) electrons. The molecule has 88 valence electrons. The lowest BCUT2D eigenvalue weighted by molar-refractivity contribution is 0.606. The third-order valence-corrected chi connectivity index (χ3v) is 3.39. The van der Waals surface area contributed by atoms with Gasteiger partial charge in [-0.3, -0.25) is 0 Å². The van der Waals surface area contributed by atoms with Crippen molar-refractivity contribution < 1.29 is 0 Å². The van der Waals surface area contributed by atoms with Crippen LogP contribution in [-0.2, 0) is 0 Å². The average molecular weight is 218 g/mol. The average Bonchev–Trinajstić information content (AvgIpc) is 2.66. The van der Waals surface area contributed by atoms with Crippen molar-refractivity contribution in [3.8, 4) is 0 Å². The van der Waals surface area contributed by atoms with E-state index in [1.54, 1.807) is 5.56 Å². The molecule has 16 heavy (non-hydrogen) atoms. The van der Waals surface area contributed by atoms with Crippen LogP contribution in [0.2, 0.25) is 0 Å². The van der Waals surface area contributed by atoms with Gasteiger partial charge < -0.3 is 10.2 Å². The highest BCUT2D eigenvalue weighted by Crippen LogP contribution is 2.37. The molecule has 1 unspecified atom stereocenters. The summed E-state index contributed by atoms with van der Waals surface area (Å²) >= 11 is 0. The van der Waals surface area contributed by atoms with Gasteiger partial charge in [-0.2, -0.15) is 0 Å². The SMILES string of the molecule is CCCN1CC(CCNC)c2ccccc21. The van der Waals surface area contributed by atoms with E-state index in [1.807, 2.05) is 7.05 Å². The van der Waals surface area contributed by atoms with Crippen LogP contribution >= 0.6 is 0 Å². The number of nitrogens with zero attached hydrogens (tertiary/aromatic N) is 1. The van der Waals surface area contributed by atoms with Crippen molar-refractivity contribution in [3.63, 3.8) is 0 Å². The minimum atomic E-state index is 0.718. The number of hydrogen-bond donors (Lipinski definition) is 1. The minimum absolute atomic E-state index is 0.718. The second-order valence-corrected chi connectivity index (χ2v) is 4.59. The number of hydrogen-bond acceptors (Lipinski definition) is 2. The van der Waals surface area contributed by atoms with Crippen molar-refractivity contribution in [2.24, 2.45) is 0 Å². The quantitative estimate of drug-likeness (QED) is 0.817. The molecule has 0 fully saturated rings. The Morgan fingerprint density at radius 2 is 2.19 bits per heavy atom. The predicted molar refractivity (Wildman–Crippen MR) is 70.2 cm³/mol. The lowest BCUT2D eigenvalue weighted by atomic mass is 9.98. The van der Waals surface area contributed by atoms with Crippen LogP contribution < -0.4 is 10.2 Å². The van der Waals surface area contributed by atoms with Crippen LogP contribution in [0.15, 0.2) is 24.3 Å². The van der Waals surface area contributed by atoms with Gasteiger partial charge in [0.15, 0.2) is 0 Å². The molecule has 1 atom stereocenters. The molecule has 0 aliphatic carbocycles. The van der Waals surface area contributed by atoms with Crippen molar-refractivity contribution in [3.05, 3.63) is 29.8 Å². The molecule has 1 aromatic carbocycles. The van der Waals surface area contributed by atoms with Crippen LogP contribution in [0, 0.1) is 0 Å². The molecule has 1 aromatic rings. The summed E-state index contributed by atoms with van der Waals surface area (Å²) in [6.45, 7) is 5.75. The molecule has 0 saturated carbocycles. The molecule has 2 nitrogen and oxygen atoms in total. The van der Waals surface area contributed by atoms with Gasteiger partial charge in [0.05, 0.1) is 0 Å². The predicted octanol–water partition coefficient (Wildman–Crippen LogP) is 2.61. The molecular formula is C14H22N2. The van der Waals surface area contributed by atoms with E-state index in [4.69, 9.17) is 0 Å². The van der Waals surface area contributed by atoms with Crippen LogP contribution in [-0.4, -0.2) is 26.7 Å². The number of rotatable bonds is 5. The summed E-state index contributed by atoms with van der Waals surface area (Å²) in [5, 5.41) is 3.25. The summed E-state index contributed by atoms with van der Waals surface area (Å²) < 4.78 is 0. The van der Waals surface area contributed by atoms with Gasteiger partial charge in [-0.1, -0.05) is 25.1 Å². The third kappa shape index (κ3) is 2.22. The van der Waals surface area contributed by atoms with Gasteiger partial charge in [0, 0.05) is 24.7 Å². The van der Waals surface area contributed by atoms with Gasteiger partial charge in [0.1, 0.15) is 0 Å². The Labute approximate surface area is 98.7 Å². The molecule has 0 spiro atoms. The summed E-state index contributed by atoms with van der Waals surface area (Å²) in [6.07, 6.45) is 2.47. The highest BCUT2D eigenvalue weighted by molar-refractivity contribution is 5.60. The van der Waals surface area contributed by atoms with Gasteiger partial charge in [0.25, 0.3) is 0 Å². The molecular weight excluding hydrogens is 196 g/mol. The molecule has 1 N–H and O–H groups in total. The van der Waals surface area contributed by atoms with E-state index in [-0.39, 0.29) is 0 Å². The Hall–Kier alpha value is -1.02. The number of anilines is 1. The highest BCUT2D eigenvalue weighted by Gasteiger charge is 2.26. The maximum atomic E-state index is 3.25. The van der Waals surface area contributed by atoms with Crippen LogP contribution in [0.1, 0.15) is 31.2 Å². The lowest BCUT2D eigenvalue weighted by Gasteiger charge is -2.18. The Morgan fingerprint density at radius 3 is 2.94 bits per heavy atom. The number of fused-ring (bicyclic) bond motifs is 1. The summed E-state index contributed by atoms with van der Waals surface area (Å²) in [4.78, 5) is 2.54. The number of para-hydroxylation sites is 1. The van der Waals surface area contributed by atoms with Crippen LogP contribution in [0.4, 0.5) is 5.69 Å². The van der Waals surface area contributed by atoms with E-state index in [2.05, 4.69) is 41.4 Å². The Bertz CT molecular complexity index is 335. The molecule has 0 amide bonds. The van der Waals surface area contributed by atoms with Gasteiger partial charge in [-0.05, 0) is 38.1 Å².